The van der Waals surface area contributed by atoms with Crippen LogP contribution in [0.3, 0.4) is 0 Å². The van der Waals surface area contributed by atoms with Crippen LogP contribution >= 0.6 is 0 Å². The maximum absolute atomic E-state index is 13.7. The van der Waals surface area contributed by atoms with Crippen molar-refractivity contribution in [2.45, 2.75) is 61.4 Å². The van der Waals surface area contributed by atoms with Gasteiger partial charge in [0.1, 0.15) is 71.3 Å². The number of hydrogen-bond acceptors (Lipinski definition) is 17. The Hall–Kier alpha value is -3.75. The summed E-state index contributed by atoms with van der Waals surface area (Å²) in [6.07, 6.45) is -17.3. The van der Waals surface area contributed by atoms with Gasteiger partial charge in [0, 0.05) is 17.7 Å². The van der Waals surface area contributed by atoms with Crippen LogP contribution in [0.5, 0.6) is 28.7 Å². The van der Waals surface area contributed by atoms with Crippen LogP contribution in [0.25, 0.3) is 22.3 Å². The fourth-order valence-electron chi connectivity index (χ4n) is 5.05. The highest BCUT2D eigenvalue weighted by atomic mass is 16.7. The van der Waals surface area contributed by atoms with Crippen LogP contribution in [-0.4, -0.2) is 133 Å². The van der Waals surface area contributed by atoms with Crippen LogP contribution in [0, 0.1) is 0 Å². The van der Waals surface area contributed by atoms with E-state index in [1.54, 1.807) is 0 Å². The molecule has 10 atom stereocenters. The quantitative estimate of drug-likeness (QED) is 0.123. The van der Waals surface area contributed by atoms with Crippen molar-refractivity contribution in [2.24, 2.45) is 0 Å². The molecule has 45 heavy (non-hydrogen) atoms. The minimum absolute atomic E-state index is 0.0298. The van der Waals surface area contributed by atoms with E-state index in [0.29, 0.717) is 0 Å². The van der Waals surface area contributed by atoms with Crippen molar-refractivity contribution in [3.05, 3.63) is 40.6 Å². The second-order valence-corrected chi connectivity index (χ2v) is 10.5. The molecule has 10 N–H and O–H groups in total. The first-order chi connectivity index (χ1) is 21.4. The molecular formula is C28H32O17. The van der Waals surface area contributed by atoms with Crippen LogP contribution < -0.4 is 14.9 Å². The lowest BCUT2D eigenvalue weighted by molar-refractivity contribution is -0.323. The van der Waals surface area contributed by atoms with Gasteiger partial charge in [0.2, 0.25) is 17.5 Å². The van der Waals surface area contributed by atoms with Crippen LogP contribution in [0.15, 0.2) is 39.5 Å². The standard InChI is InChI=1S/C28H32O17/c1-40-13-4-9(2-3-11(13)31)25-26(20(35)17-12(32)5-10(30)6-14(17)42-25)45-28-24(39)22(37)19(34)16(44-28)8-41-27-23(38)21(36)18(33)15(7-29)43-27/h2-6,15-16,18-19,21-24,27-34,36-39H,7-8H2,1H3/t15-,16+,18-,19+,21-,22+,23-,24-,27+,28-/m0/s1. The number of hydrogen-bond donors (Lipinski definition) is 10. The van der Waals surface area contributed by atoms with Crippen molar-refractivity contribution in [1.29, 1.82) is 0 Å². The largest absolute Gasteiger partial charge is 0.508 e. The Labute approximate surface area is 252 Å². The maximum atomic E-state index is 13.7. The Morgan fingerprint density at radius 3 is 2.09 bits per heavy atom. The average molecular weight is 641 g/mol. The molecule has 17 nitrogen and oxygen atoms in total. The predicted octanol–water partition coefficient (Wildman–Crippen LogP) is -2.41. The molecular weight excluding hydrogens is 608 g/mol. The molecule has 17 heteroatoms. The number of rotatable bonds is 8. The van der Waals surface area contributed by atoms with Gasteiger partial charge >= 0.3 is 0 Å². The zero-order chi connectivity index (χ0) is 32.7. The summed E-state index contributed by atoms with van der Waals surface area (Å²) < 4.78 is 33.0. The maximum Gasteiger partial charge on any atom is 0.239 e. The van der Waals surface area contributed by atoms with Crippen LogP contribution in [0.1, 0.15) is 0 Å². The first-order valence-electron chi connectivity index (χ1n) is 13.5. The average Bonchev–Trinajstić information content (AvgIpc) is 3.01. The van der Waals surface area contributed by atoms with Crippen molar-refractivity contribution in [2.75, 3.05) is 20.3 Å². The van der Waals surface area contributed by atoms with Crippen LogP contribution in [0.2, 0.25) is 0 Å². The lowest BCUT2D eigenvalue weighted by Crippen LogP contribution is -2.62. The van der Waals surface area contributed by atoms with Gasteiger partial charge in [-0.2, -0.15) is 0 Å². The first kappa shape index (κ1) is 32.6. The van der Waals surface area contributed by atoms with E-state index in [2.05, 4.69) is 0 Å². The summed E-state index contributed by atoms with van der Waals surface area (Å²) >= 11 is 0. The van der Waals surface area contributed by atoms with Gasteiger partial charge in [0.25, 0.3) is 0 Å². The first-order valence-corrected chi connectivity index (χ1v) is 13.5. The fraction of sp³-hybridized carbons (Fsp3) is 0.464. The third-order valence-electron chi connectivity index (χ3n) is 7.54. The topological polar surface area (TPSA) is 279 Å². The van der Waals surface area contributed by atoms with Crippen molar-refractivity contribution in [3.8, 4) is 40.1 Å². The highest BCUT2D eigenvalue weighted by molar-refractivity contribution is 5.88. The predicted molar refractivity (Wildman–Crippen MR) is 146 cm³/mol. The van der Waals surface area contributed by atoms with E-state index in [1.165, 1.54) is 25.3 Å². The van der Waals surface area contributed by atoms with Gasteiger partial charge in [-0.15, -0.1) is 0 Å². The van der Waals surface area contributed by atoms with Gasteiger partial charge in [-0.05, 0) is 18.2 Å². The molecule has 0 amide bonds. The van der Waals surface area contributed by atoms with Crippen molar-refractivity contribution in [3.63, 3.8) is 0 Å². The molecule has 0 radical (unpaired) electrons. The SMILES string of the molecule is COc1cc(-c2oc3cc(O)cc(O)c3c(=O)c2O[C@@H]2O[C@H](CO[C@@H]3O[C@@H](CO)[C@H](O)[C@H](O)[C@@H]3O)[C@@H](O)[C@@H](O)[C@@H]2O)ccc1O. The smallest absolute Gasteiger partial charge is 0.239 e. The van der Waals surface area contributed by atoms with Gasteiger partial charge in [0.05, 0.1) is 20.3 Å². The lowest BCUT2D eigenvalue weighted by atomic mass is 9.98. The van der Waals surface area contributed by atoms with E-state index in [0.717, 1.165) is 12.1 Å². The number of aliphatic hydroxyl groups is 7. The highest BCUT2D eigenvalue weighted by Crippen LogP contribution is 2.39. The molecule has 2 saturated heterocycles. The third-order valence-corrected chi connectivity index (χ3v) is 7.54. The molecule has 1 aromatic heterocycles. The fourth-order valence-corrected chi connectivity index (χ4v) is 5.05. The van der Waals surface area contributed by atoms with E-state index in [4.69, 9.17) is 28.1 Å². The van der Waals surface area contributed by atoms with Gasteiger partial charge in [-0.3, -0.25) is 4.79 Å². The van der Waals surface area contributed by atoms with E-state index >= 15 is 0 Å². The lowest BCUT2D eigenvalue weighted by Gasteiger charge is -2.42. The summed E-state index contributed by atoms with van der Waals surface area (Å²) in [7, 11) is 1.27. The molecule has 2 aliphatic heterocycles. The molecule has 5 rings (SSSR count). The van der Waals surface area contributed by atoms with E-state index < -0.39 is 103 Å². The molecule has 0 spiro atoms. The van der Waals surface area contributed by atoms with E-state index in [1.807, 2.05) is 0 Å². The number of aromatic hydroxyl groups is 3. The number of fused-ring (bicyclic) bond motifs is 1. The Bertz CT molecular complexity index is 1570. The molecule has 3 aromatic rings. The Balaban J connectivity index is 1.48. The van der Waals surface area contributed by atoms with Gasteiger partial charge in [-0.1, -0.05) is 0 Å². The van der Waals surface area contributed by atoms with Crippen LogP contribution in [-0.2, 0) is 14.2 Å². The van der Waals surface area contributed by atoms with Gasteiger partial charge in [-0.25, -0.2) is 0 Å². The molecule has 2 aliphatic rings. The number of benzene rings is 2. The zero-order valence-corrected chi connectivity index (χ0v) is 23.4. The number of ether oxygens (including phenoxy) is 5. The van der Waals surface area contributed by atoms with Crippen molar-refractivity contribution >= 4 is 11.0 Å². The number of phenolic OH excluding ortho intramolecular Hbond substituents is 3. The summed E-state index contributed by atoms with van der Waals surface area (Å²) in [4.78, 5) is 13.7. The molecule has 3 heterocycles. The molecule has 246 valence electrons. The minimum atomic E-state index is -1.98. The Morgan fingerprint density at radius 2 is 1.42 bits per heavy atom. The molecule has 2 fully saturated rings. The summed E-state index contributed by atoms with van der Waals surface area (Å²) in [6.45, 7) is -1.39. The molecule has 0 bridgehead atoms. The highest BCUT2D eigenvalue weighted by Gasteiger charge is 2.48. The molecule has 0 unspecified atom stereocenters. The molecule has 2 aromatic carbocycles. The normalized spacial score (nSPS) is 32.0. The monoisotopic (exact) mass is 640 g/mol. The third kappa shape index (κ3) is 6.10. The second kappa shape index (κ2) is 12.9. The molecule has 0 aliphatic carbocycles. The number of aliphatic hydroxyl groups excluding tert-OH is 7. The summed E-state index contributed by atoms with van der Waals surface area (Å²) in [5.41, 5.74) is -1.17. The van der Waals surface area contributed by atoms with E-state index in [9.17, 15) is 55.9 Å². The minimum Gasteiger partial charge on any atom is -0.508 e. The van der Waals surface area contributed by atoms with Crippen LogP contribution in [0.4, 0.5) is 0 Å². The van der Waals surface area contributed by atoms with Gasteiger partial charge < -0.3 is 79.2 Å². The summed E-state index contributed by atoms with van der Waals surface area (Å²) in [5.74, 6) is -2.38. The van der Waals surface area contributed by atoms with Crippen molar-refractivity contribution < 1.29 is 79.2 Å². The van der Waals surface area contributed by atoms with Gasteiger partial charge in [0.15, 0.2) is 23.5 Å². The van der Waals surface area contributed by atoms with E-state index in [-0.39, 0.29) is 28.4 Å². The number of phenols is 3. The van der Waals surface area contributed by atoms with Crippen molar-refractivity contribution in [1.82, 2.24) is 0 Å². The Kier molecular flexibility index (Phi) is 9.38. The number of methoxy groups -OCH3 is 1. The summed E-state index contributed by atoms with van der Waals surface area (Å²) in [5, 5.41) is 102. The second-order valence-electron chi connectivity index (χ2n) is 10.5. The zero-order valence-electron chi connectivity index (χ0n) is 23.4. The summed E-state index contributed by atoms with van der Waals surface area (Å²) in [6, 6.07) is 5.76. The Morgan fingerprint density at radius 1 is 0.778 bits per heavy atom. The molecule has 0 saturated carbocycles.